The van der Waals surface area contributed by atoms with E-state index in [1.165, 1.54) is 26.2 Å². The molecular formula is C22H30N4O6S. The number of hydrogen-bond donors (Lipinski definition) is 1. The second kappa shape index (κ2) is 8.60. The molecule has 2 saturated heterocycles. The Hall–Kier alpha value is -2.66. The molecule has 33 heavy (non-hydrogen) atoms. The first-order valence-electron chi connectivity index (χ1n) is 11.3. The molecular weight excluding hydrogens is 448 g/mol. The summed E-state index contributed by atoms with van der Waals surface area (Å²) in [5.41, 5.74) is -0.126. The van der Waals surface area contributed by atoms with Crippen LogP contribution in [0.4, 0.5) is 4.79 Å². The maximum absolute atomic E-state index is 13.1. The first-order chi connectivity index (χ1) is 15.6. The summed E-state index contributed by atoms with van der Waals surface area (Å²) in [6.07, 6.45) is 4.00. The Morgan fingerprint density at radius 3 is 2.33 bits per heavy atom. The average molecular weight is 479 g/mol. The van der Waals surface area contributed by atoms with E-state index >= 15 is 0 Å². The van der Waals surface area contributed by atoms with Crippen molar-refractivity contribution in [3.8, 4) is 5.75 Å². The second-order valence-corrected chi connectivity index (χ2v) is 11.0. The third-order valence-electron chi connectivity index (χ3n) is 7.10. The van der Waals surface area contributed by atoms with Gasteiger partial charge in [0.15, 0.2) is 0 Å². The highest BCUT2D eigenvalue weighted by molar-refractivity contribution is 7.89. The minimum absolute atomic E-state index is 0.0627. The number of carbonyl (C=O) groups excluding carboxylic acids is 3. The predicted octanol–water partition coefficient (Wildman–Crippen LogP) is 1.13. The molecule has 1 N–H and O–H groups in total. The van der Waals surface area contributed by atoms with Gasteiger partial charge in [-0.05, 0) is 37.5 Å². The van der Waals surface area contributed by atoms with E-state index in [-0.39, 0.29) is 55.2 Å². The summed E-state index contributed by atoms with van der Waals surface area (Å²) in [6.45, 7) is 1.81. The summed E-state index contributed by atoms with van der Waals surface area (Å²) in [5, 5.41) is 10.0. The Morgan fingerprint density at radius 1 is 1.06 bits per heavy atom. The molecule has 0 radical (unpaired) electrons. The van der Waals surface area contributed by atoms with Crippen LogP contribution < -0.4 is 0 Å². The number of likely N-dealkylation sites (N-methyl/N-ethyl adjacent to an activating group) is 1. The molecule has 0 unspecified atom stereocenters. The standard InChI is InChI=1S/C22H30N4O6S/c1-16-6-7-17(27)18(14-16)33(31,32)25-12-10-24(11-13-25)19(28)15-26-20(29)22(23(2)21(26)30)8-4-3-5-9-22/h6-7,14,27H,3-5,8-13,15H2,1-2H3. The van der Waals surface area contributed by atoms with Crippen LogP contribution >= 0.6 is 0 Å². The Morgan fingerprint density at radius 2 is 1.70 bits per heavy atom. The van der Waals surface area contributed by atoms with Gasteiger partial charge in [0.25, 0.3) is 5.91 Å². The van der Waals surface area contributed by atoms with Crippen molar-refractivity contribution in [3.05, 3.63) is 23.8 Å². The lowest BCUT2D eigenvalue weighted by molar-refractivity contribution is -0.141. The van der Waals surface area contributed by atoms with Gasteiger partial charge in [0.2, 0.25) is 15.9 Å². The minimum Gasteiger partial charge on any atom is -0.507 e. The van der Waals surface area contributed by atoms with Gasteiger partial charge in [0.05, 0.1) is 0 Å². The van der Waals surface area contributed by atoms with Gasteiger partial charge in [-0.25, -0.2) is 13.2 Å². The molecule has 3 aliphatic rings. The van der Waals surface area contributed by atoms with Gasteiger partial charge in [-0.2, -0.15) is 4.31 Å². The zero-order valence-electron chi connectivity index (χ0n) is 19.0. The van der Waals surface area contributed by atoms with Crippen LogP contribution in [0.2, 0.25) is 0 Å². The number of urea groups is 1. The van der Waals surface area contributed by atoms with Gasteiger partial charge >= 0.3 is 6.03 Å². The zero-order chi connectivity index (χ0) is 24.0. The number of nitrogens with zero attached hydrogens (tertiary/aromatic N) is 4. The van der Waals surface area contributed by atoms with Crippen molar-refractivity contribution in [3.63, 3.8) is 0 Å². The van der Waals surface area contributed by atoms with Gasteiger partial charge in [-0.15, -0.1) is 0 Å². The number of piperazine rings is 1. The van der Waals surface area contributed by atoms with E-state index < -0.39 is 21.6 Å². The molecule has 1 aromatic rings. The topological polar surface area (TPSA) is 119 Å². The molecule has 1 aromatic carbocycles. The molecule has 180 valence electrons. The number of imide groups is 1. The summed E-state index contributed by atoms with van der Waals surface area (Å²) in [4.78, 5) is 42.6. The van der Waals surface area contributed by atoms with Gasteiger partial charge in [-0.3, -0.25) is 14.5 Å². The average Bonchev–Trinajstić information content (AvgIpc) is 2.97. The van der Waals surface area contributed by atoms with E-state index in [1.54, 1.807) is 20.0 Å². The molecule has 11 heteroatoms. The molecule has 0 atom stereocenters. The SMILES string of the molecule is Cc1ccc(O)c(S(=O)(=O)N2CCN(C(=O)CN3C(=O)N(C)C4(CCCCC4)C3=O)CC2)c1. The van der Waals surface area contributed by atoms with E-state index in [2.05, 4.69) is 0 Å². The number of phenolic OH excluding ortho intramolecular Hbond substituents is 1. The Labute approximate surface area is 193 Å². The van der Waals surface area contributed by atoms with E-state index in [0.717, 1.165) is 24.2 Å². The van der Waals surface area contributed by atoms with E-state index in [1.807, 2.05) is 0 Å². The minimum atomic E-state index is -3.91. The van der Waals surface area contributed by atoms with Crippen LogP contribution in [0.25, 0.3) is 0 Å². The third kappa shape index (κ3) is 3.97. The van der Waals surface area contributed by atoms with Crippen LogP contribution in [-0.2, 0) is 19.6 Å². The number of aromatic hydroxyl groups is 1. The molecule has 3 fully saturated rings. The van der Waals surface area contributed by atoms with Crippen LogP contribution in [-0.4, -0.2) is 95.7 Å². The summed E-state index contributed by atoms with van der Waals surface area (Å²) in [6, 6.07) is 3.94. The van der Waals surface area contributed by atoms with Gasteiger partial charge < -0.3 is 14.9 Å². The zero-order valence-corrected chi connectivity index (χ0v) is 19.8. The summed E-state index contributed by atoms with van der Waals surface area (Å²) in [5.74, 6) is -1.00. The number of sulfonamides is 1. The van der Waals surface area contributed by atoms with Crippen molar-refractivity contribution in [1.29, 1.82) is 0 Å². The Balaban J connectivity index is 1.40. The molecule has 4 rings (SSSR count). The normalized spacial score (nSPS) is 21.8. The molecule has 1 spiro atoms. The summed E-state index contributed by atoms with van der Waals surface area (Å²) >= 11 is 0. The van der Waals surface area contributed by atoms with Crippen molar-refractivity contribution >= 4 is 27.9 Å². The number of amides is 4. The molecule has 0 aromatic heterocycles. The highest BCUT2D eigenvalue weighted by Gasteiger charge is 2.56. The molecule has 1 aliphatic carbocycles. The van der Waals surface area contributed by atoms with Crippen molar-refractivity contribution in [1.82, 2.24) is 19.0 Å². The first-order valence-corrected chi connectivity index (χ1v) is 12.7. The second-order valence-electron chi connectivity index (χ2n) is 9.08. The smallest absolute Gasteiger partial charge is 0.327 e. The molecule has 0 bridgehead atoms. The van der Waals surface area contributed by atoms with Crippen molar-refractivity contribution in [2.45, 2.75) is 49.5 Å². The van der Waals surface area contributed by atoms with Gasteiger partial charge in [0, 0.05) is 33.2 Å². The van der Waals surface area contributed by atoms with Crippen LogP contribution in [0.15, 0.2) is 23.1 Å². The number of aryl methyl sites for hydroxylation is 1. The fourth-order valence-electron chi connectivity index (χ4n) is 5.05. The largest absolute Gasteiger partial charge is 0.507 e. The summed E-state index contributed by atoms with van der Waals surface area (Å²) < 4.78 is 27.2. The van der Waals surface area contributed by atoms with Crippen molar-refractivity contribution < 1.29 is 27.9 Å². The van der Waals surface area contributed by atoms with Crippen LogP contribution in [0.1, 0.15) is 37.7 Å². The van der Waals surface area contributed by atoms with E-state index in [9.17, 15) is 27.9 Å². The fraction of sp³-hybridized carbons (Fsp3) is 0.591. The highest BCUT2D eigenvalue weighted by Crippen LogP contribution is 2.39. The number of carbonyl (C=O) groups is 3. The van der Waals surface area contributed by atoms with E-state index in [0.29, 0.717) is 18.4 Å². The number of hydrogen-bond acceptors (Lipinski definition) is 6. The quantitative estimate of drug-likeness (QED) is 0.648. The first kappa shape index (κ1) is 23.5. The molecule has 2 aliphatic heterocycles. The lowest BCUT2D eigenvalue weighted by Gasteiger charge is -2.36. The lowest BCUT2D eigenvalue weighted by Crippen LogP contribution is -2.53. The van der Waals surface area contributed by atoms with E-state index in [4.69, 9.17) is 0 Å². The lowest BCUT2D eigenvalue weighted by atomic mass is 9.81. The van der Waals surface area contributed by atoms with Gasteiger partial charge in [-0.1, -0.05) is 25.3 Å². The van der Waals surface area contributed by atoms with Crippen molar-refractivity contribution in [2.75, 3.05) is 39.8 Å². The Bertz CT molecular complexity index is 1070. The highest BCUT2D eigenvalue weighted by atomic mass is 32.2. The number of phenols is 1. The Kier molecular flexibility index (Phi) is 6.12. The third-order valence-corrected chi connectivity index (χ3v) is 9.03. The van der Waals surface area contributed by atoms with Crippen LogP contribution in [0.3, 0.4) is 0 Å². The van der Waals surface area contributed by atoms with Gasteiger partial charge in [0.1, 0.15) is 22.7 Å². The number of rotatable bonds is 4. The molecule has 1 saturated carbocycles. The fourth-order valence-corrected chi connectivity index (χ4v) is 6.64. The van der Waals surface area contributed by atoms with Crippen molar-refractivity contribution in [2.24, 2.45) is 0 Å². The maximum Gasteiger partial charge on any atom is 0.327 e. The van der Waals surface area contributed by atoms with Crippen LogP contribution in [0.5, 0.6) is 5.75 Å². The summed E-state index contributed by atoms with van der Waals surface area (Å²) in [7, 11) is -2.28. The predicted molar refractivity (Wildman–Crippen MR) is 119 cm³/mol. The number of benzene rings is 1. The monoisotopic (exact) mass is 478 g/mol. The van der Waals surface area contributed by atoms with Crippen LogP contribution in [0, 0.1) is 6.92 Å². The molecule has 10 nitrogen and oxygen atoms in total. The maximum atomic E-state index is 13.1. The molecule has 4 amide bonds. The molecule has 2 heterocycles.